The van der Waals surface area contributed by atoms with Gasteiger partial charge in [-0.15, -0.1) is 0 Å². The molecule has 1 aliphatic heterocycles. The van der Waals surface area contributed by atoms with E-state index < -0.39 is 18.1 Å². The maximum atomic E-state index is 12.0. The van der Waals surface area contributed by atoms with Crippen molar-refractivity contribution in [2.45, 2.75) is 39.8 Å². The molecule has 0 saturated carbocycles. The molecule has 1 saturated heterocycles. The molecule has 5 heteroatoms. The number of aliphatic hydroxyl groups is 1. The van der Waals surface area contributed by atoms with Crippen LogP contribution in [-0.2, 0) is 9.53 Å². The van der Waals surface area contributed by atoms with Gasteiger partial charge in [0.05, 0.1) is 18.1 Å². The first-order chi connectivity index (χ1) is 7.36. The number of rotatable bonds is 3. The van der Waals surface area contributed by atoms with Crippen molar-refractivity contribution in [3.05, 3.63) is 0 Å². The number of hydrogen-bond donors (Lipinski definition) is 1. The van der Waals surface area contributed by atoms with Gasteiger partial charge < -0.3 is 9.84 Å². The molecular formula is C11H19NO4. The van der Waals surface area contributed by atoms with E-state index in [-0.39, 0.29) is 24.5 Å². The molecule has 16 heavy (non-hydrogen) atoms. The third-order valence-electron chi connectivity index (χ3n) is 3.03. The lowest BCUT2D eigenvalue weighted by Gasteiger charge is -2.26. The number of carbonyl (C=O) groups is 2. The molecule has 92 valence electrons. The van der Waals surface area contributed by atoms with E-state index in [4.69, 9.17) is 4.74 Å². The quantitative estimate of drug-likeness (QED) is 0.784. The van der Waals surface area contributed by atoms with Gasteiger partial charge in [-0.2, -0.15) is 0 Å². The highest BCUT2D eigenvalue weighted by Crippen LogP contribution is 2.22. The minimum Gasteiger partial charge on any atom is -0.447 e. The van der Waals surface area contributed by atoms with Crippen LogP contribution in [0.2, 0.25) is 0 Å². The summed E-state index contributed by atoms with van der Waals surface area (Å²) in [6.07, 6.45) is -1.37. The first kappa shape index (κ1) is 13.0. The summed E-state index contributed by atoms with van der Waals surface area (Å²) in [5.41, 5.74) is 0. The van der Waals surface area contributed by atoms with E-state index in [1.165, 1.54) is 6.92 Å². The van der Waals surface area contributed by atoms with Crippen LogP contribution in [0.15, 0.2) is 0 Å². The average Bonchev–Trinajstić information content (AvgIpc) is 2.57. The first-order valence-electron chi connectivity index (χ1n) is 5.54. The molecule has 0 aromatic heterocycles. The van der Waals surface area contributed by atoms with E-state index in [0.717, 1.165) is 4.90 Å². The zero-order chi connectivity index (χ0) is 12.5. The number of amides is 2. The molecule has 0 radical (unpaired) electrons. The van der Waals surface area contributed by atoms with Gasteiger partial charge in [0.2, 0.25) is 5.91 Å². The van der Waals surface area contributed by atoms with Crippen molar-refractivity contribution in [3.8, 4) is 0 Å². The van der Waals surface area contributed by atoms with Crippen LogP contribution in [0, 0.1) is 11.8 Å². The van der Waals surface area contributed by atoms with E-state index in [9.17, 15) is 14.7 Å². The van der Waals surface area contributed by atoms with Gasteiger partial charge in [0.15, 0.2) is 0 Å². The summed E-state index contributed by atoms with van der Waals surface area (Å²) < 4.78 is 4.87. The Morgan fingerprint density at radius 1 is 1.44 bits per heavy atom. The highest BCUT2D eigenvalue weighted by atomic mass is 16.6. The highest BCUT2D eigenvalue weighted by Gasteiger charge is 2.41. The minimum absolute atomic E-state index is 0.150. The predicted octanol–water partition coefficient (Wildman–Crippen LogP) is 1.01. The number of ether oxygens (including phenoxy) is 1. The van der Waals surface area contributed by atoms with Crippen LogP contribution in [0.25, 0.3) is 0 Å². The molecule has 1 heterocycles. The highest BCUT2D eigenvalue weighted by molar-refractivity contribution is 5.94. The third kappa shape index (κ3) is 2.35. The maximum Gasteiger partial charge on any atom is 0.416 e. The van der Waals surface area contributed by atoms with Crippen LogP contribution in [0.3, 0.4) is 0 Å². The standard InChI is InChI=1S/C11H19NO4/c1-6(2)9-5-16-11(15)12(9)10(14)7(3)8(4)13/h6-9,13H,5H2,1-4H3/t7-,8+,9-/m0/s1. The van der Waals surface area contributed by atoms with Crippen LogP contribution < -0.4 is 0 Å². The molecule has 5 nitrogen and oxygen atoms in total. The Bertz CT molecular complexity index is 288. The zero-order valence-electron chi connectivity index (χ0n) is 10.1. The van der Waals surface area contributed by atoms with E-state index in [0.29, 0.717) is 0 Å². The van der Waals surface area contributed by atoms with E-state index >= 15 is 0 Å². The smallest absolute Gasteiger partial charge is 0.416 e. The SMILES string of the molecule is CC(C)[C@@H]1COC(=O)N1C(=O)[C@@H](C)[C@@H](C)O. The average molecular weight is 229 g/mol. The van der Waals surface area contributed by atoms with E-state index in [2.05, 4.69) is 0 Å². The third-order valence-corrected chi connectivity index (χ3v) is 3.03. The molecule has 0 bridgehead atoms. The van der Waals surface area contributed by atoms with E-state index in [1.807, 2.05) is 13.8 Å². The van der Waals surface area contributed by atoms with Crippen molar-refractivity contribution in [2.75, 3.05) is 6.61 Å². The lowest BCUT2D eigenvalue weighted by Crippen LogP contribution is -2.46. The van der Waals surface area contributed by atoms with Gasteiger partial charge in [0.25, 0.3) is 0 Å². The molecule has 0 unspecified atom stereocenters. The second-order valence-corrected chi connectivity index (χ2v) is 4.63. The Morgan fingerprint density at radius 2 is 2.00 bits per heavy atom. The first-order valence-corrected chi connectivity index (χ1v) is 5.54. The molecule has 3 atom stereocenters. The Morgan fingerprint density at radius 3 is 2.44 bits per heavy atom. The van der Waals surface area contributed by atoms with Gasteiger partial charge in [-0.3, -0.25) is 4.79 Å². The van der Waals surface area contributed by atoms with Crippen molar-refractivity contribution in [1.82, 2.24) is 4.90 Å². The minimum atomic E-state index is -0.770. The number of cyclic esters (lactones) is 1. The molecule has 0 spiro atoms. The van der Waals surface area contributed by atoms with Gasteiger partial charge in [-0.05, 0) is 12.8 Å². The summed E-state index contributed by atoms with van der Waals surface area (Å²) in [4.78, 5) is 24.6. The van der Waals surface area contributed by atoms with Gasteiger partial charge in [-0.1, -0.05) is 20.8 Å². The number of aliphatic hydroxyl groups excluding tert-OH is 1. The van der Waals surface area contributed by atoms with Crippen LogP contribution in [0.5, 0.6) is 0 Å². The normalized spacial score (nSPS) is 24.5. The van der Waals surface area contributed by atoms with Crippen molar-refractivity contribution < 1.29 is 19.4 Å². The molecule has 1 rings (SSSR count). The van der Waals surface area contributed by atoms with Crippen molar-refractivity contribution in [1.29, 1.82) is 0 Å². The summed E-state index contributed by atoms with van der Waals surface area (Å²) >= 11 is 0. The maximum absolute atomic E-state index is 12.0. The summed E-state index contributed by atoms with van der Waals surface area (Å²) in [7, 11) is 0. The fraction of sp³-hybridized carbons (Fsp3) is 0.818. The van der Waals surface area contributed by atoms with Gasteiger partial charge in [0.1, 0.15) is 6.61 Å². The summed E-state index contributed by atoms with van der Waals surface area (Å²) in [5.74, 6) is -0.806. The Kier molecular flexibility index (Phi) is 3.91. The van der Waals surface area contributed by atoms with Crippen LogP contribution in [-0.4, -0.2) is 40.8 Å². The lowest BCUT2D eigenvalue weighted by molar-refractivity contribution is -0.136. The molecule has 0 aromatic rings. The van der Waals surface area contributed by atoms with Gasteiger partial charge in [-0.25, -0.2) is 9.69 Å². The predicted molar refractivity (Wildman–Crippen MR) is 57.7 cm³/mol. The molecule has 1 N–H and O–H groups in total. The van der Waals surface area contributed by atoms with Crippen LogP contribution in [0.1, 0.15) is 27.7 Å². The molecule has 0 aliphatic carbocycles. The Balaban J connectivity index is 2.83. The molecule has 1 fully saturated rings. The van der Waals surface area contributed by atoms with Crippen molar-refractivity contribution >= 4 is 12.0 Å². The Hall–Kier alpha value is -1.10. The monoisotopic (exact) mass is 229 g/mol. The molecule has 0 aromatic carbocycles. The fourth-order valence-corrected chi connectivity index (χ4v) is 1.61. The molecule has 1 aliphatic rings. The van der Waals surface area contributed by atoms with Crippen molar-refractivity contribution in [3.63, 3.8) is 0 Å². The zero-order valence-corrected chi connectivity index (χ0v) is 10.1. The summed E-state index contributed by atoms with van der Waals surface area (Å²) in [6, 6.07) is -0.221. The fourth-order valence-electron chi connectivity index (χ4n) is 1.61. The number of nitrogens with zero attached hydrogens (tertiary/aromatic N) is 1. The topological polar surface area (TPSA) is 66.8 Å². The second-order valence-electron chi connectivity index (χ2n) is 4.63. The number of hydrogen-bond acceptors (Lipinski definition) is 4. The summed E-state index contributed by atoms with van der Waals surface area (Å²) in [5, 5.41) is 9.36. The summed E-state index contributed by atoms with van der Waals surface area (Å²) in [6.45, 7) is 7.25. The second kappa shape index (κ2) is 4.82. The molecule has 2 amide bonds. The lowest BCUT2D eigenvalue weighted by atomic mass is 10.0. The van der Waals surface area contributed by atoms with Crippen LogP contribution >= 0.6 is 0 Å². The van der Waals surface area contributed by atoms with Crippen LogP contribution in [0.4, 0.5) is 4.79 Å². The largest absolute Gasteiger partial charge is 0.447 e. The number of carbonyl (C=O) groups excluding carboxylic acids is 2. The van der Waals surface area contributed by atoms with E-state index in [1.54, 1.807) is 6.92 Å². The van der Waals surface area contributed by atoms with Gasteiger partial charge in [0, 0.05) is 0 Å². The molecular weight excluding hydrogens is 210 g/mol. The van der Waals surface area contributed by atoms with Gasteiger partial charge >= 0.3 is 6.09 Å². The Labute approximate surface area is 95.4 Å². The number of imide groups is 1. The van der Waals surface area contributed by atoms with Crippen molar-refractivity contribution in [2.24, 2.45) is 11.8 Å².